The average Bonchev–Trinajstić information content (AvgIpc) is 3.48. The first-order valence-electron chi connectivity index (χ1n) is 9.69. The predicted octanol–water partition coefficient (Wildman–Crippen LogP) is 6.09. The number of allylic oxidation sites excluding steroid dienone is 1. The van der Waals surface area contributed by atoms with E-state index in [-0.39, 0.29) is 17.0 Å². The van der Waals surface area contributed by atoms with Gasteiger partial charge in [-0.15, -0.1) is 38.5 Å². The zero-order chi connectivity index (χ0) is 19.6. The van der Waals surface area contributed by atoms with Crippen LogP contribution in [-0.4, -0.2) is 14.8 Å². The van der Waals surface area contributed by atoms with Gasteiger partial charge in [0.05, 0.1) is 10.6 Å². The predicted molar refractivity (Wildman–Crippen MR) is 129 cm³/mol. The Morgan fingerprint density at radius 3 is 2.67 bits per heavy atom. The van der Waals surface area contributed by atoms with E-state index in [1.165, 1.54) is 11.3 Å². The number of benzene rings is 1. The van der Waals surface area contributed by atoms with E-state index in [4.69, 9.17) is 0 Å². The Morgan fingerprint density at radius 2 is 1.90 bits per heavy atom. The molecular formula is C22H20BrN5S2. The van der Waals surface area contributed by atoms with E-state index in [9.17, 15) is 5.26 Å². The van der Waals surface area contributed by atoms with E-state index < -0.39 is 0 Å². The topological polar surface area (TPSA) is 57.7 Å². The minimum absolute atomic E-state index is 0. The number of thioether (sulfide) groups is 1. The number of hydrogen-bond donors (Lipinski definition) is 0. The molecule has 0 unspecified atom stereocenters. The monoisotopic (exact) mass is 497 g/mol. The van der Waals surface area contributed by atoms with E-state index in [1.807, 2.05) is 18.2 Å². The van der Waals surface area contributed by atoms with Gasteiger partial charge in [0.15, 0.2) is 5.82 Å². The van der Waals surface area contributed by atoms with E-state index in [0.29, 0.717) is 11.4 Å². The van der Waals surface area contributed by atoms with Crippen molar-refractivity contribution in [2.45, 2.75) is 32.2 Å². The lowest BCUT2D eigenvalue weighted by molar-refractivity contribution is 0.627. The third-order valence-corrected chi connectivity index (χ3v) is 7.02. The first kappa shape index (κ1) is 20.9. The van der Waals surface area contributed by atoms with Crippen LogP contribution in [-0.2, 0) is 13.0 Å². The van der Waals surface area contributed by atoms with Gasteiger partial charge in [-0.25, -0.2) is 0 Å². The van der Waals surface area contributed by atoms with Crippen LogP contribution in [0, 0.1) is 11.3 Å². The SMILES string of the molecule is Br.N#CC(=C1SC=C(c2cccs2)N1c1ccccc1)c1nnc2n1CCCCC2. The number of nitrogens with zero attached hydrogens (tertiary/aromatic N) is 5. The molecule has 0 amide bonds. The van der Waals surface area contributed by atoms with E-state index in [2.05, 4.69) is 60.8 Å². The second-order valence-corrected chi connectivity index (χ2v) is 8.77. The molecule has 30 heavy (non-hydrogen) atoms. The smallest absolute Gasteiger partial charge is 0.177 e. The van der Waals surface area contributed by atoms with Crippen LogP contribution in [0.15, 0.2) is 58.3 Å². The average molecular weight is 498 g/mol. The van der Waals surface area contributed by atoms with Crippen LogP contribution in [0.2, 0.25) is 0 Å². The summed E-state index contributed by atoms with van der Waals surface area (Å²) in [6.45, 7) is 0.872. The molecule has 0 aliphatic carbocycles. The normalized spacial score (nSPS) is 17.4. The maximum absolute atomic E-state index is 10.2. The second kappa shape index (κ2) is 9.21. The van der Waals surface area contributed by atoms with Crippen molar-refractivity contribution in [3.63, 3.8) is 0 Å². The molecule has 2 aliphatic rings. The zero-order valence-corrected chi connectivity index (χ0v) is 19.5. The molecule has 1 aromatic carbocycles. The number of aryl methyl sites for hydroxylation is 1. The van der Waals surface area contributed by atoms with Gasteiger partial charge in [-0.3, -0.25) is 0 Å². The fourth-order valence-corrected chi connectivity index (χ4v) is 5.61. The van der Waals surface area contributed by atoms with Gasteiger partial charge in [-0.2, -0.15) is 5.26 Å². The first-order chi connectivity index (χ1) is 14.4. The van der Waals surface area contributed by atoms with E-state index >= 15 is 0 Å². The van der Waals surface area contributed by atoms with Gasteiger partial charge >= 0.3 is 0 Å². The maximum Gasteiger partial charge on any atom is 0.177 e. The van der Waals surface area contributed by atoms with E-state index in [0.717, 1.165) is 48.0 Å². The highest BCUT2D eigenvalue weighted by atomic mass is 79.9. The fourth-order valence-electron chi connectivity index (χ4n) is 3.79. The summed E-state index contributed by atoms with van der Waals surface area (Å²) in [5.74, 6) is 1.68. The van der Waals surface area contributed by atoms with Crippen molar-refractivity contribution >= 4 is 57.0 Å². The molecular weight excluding hydrogens is 478 g/mol. The molecule has 2 aliphatic heterocycles. The minimum atomic E-state index is 0. The maximum atomic E-state index is 10.2. The Hall–Kier alpha value is -2.34. The summed E-state index contributed by atoms with van der Waals surface area (Å²) in [6.07, 6.45) is 4.34. The highest BCUT2D eigenvalue weighted by molar-refractivity contribution is 8.93. The number of rotatable bonds is 3. The lowest BCUT2D eigenvalue weighted by Gasteiger charge is -2.24. The number of para-hydroxylation sites is 1. The van der Waals surface area contributed by atoms with Crippen molar-refractivity contribution in [3.05, 3.63) is 74.8 Å². The van der Waals surface area contributed by atoms with Crippen LogP contribution < -0.4 is 4.90 Å². The molecule has 152 valence electrons. The minimum Gasteiger partial charge on any atom is -0.310 e. The molecule has 4 heterocycles. The summed E-state index contributed by atoms with van der Waals surface area (Å²) in [7, 11) is 0. The molecule has 0 saturated heterocycles. The quantitative estimate of drug-likeness (QED) is 0.409. The van der Waals surface area contributed by atoms with Crippen LogP contribution >= 0.6 is 40.1 Å². The highest BCUT2D eigenvalue weighted by Gasteiger charge is 2.30. The van der Waals surface area contributed by atoms with Crippen LogP contribution in [0.1, 0.15) is 35.8 Å². The summed E-state index contributed by atoms with van der Waals surface area (Å²) in [5.41, 5.74) is 2.72. The van der Waals surface area contributed by atoms with Gasteiger partial charge in [0.2, 0.25) is 0 Å². The Balaban J connectivity index is 0.00000218. The summed E-state index contributed by atoms with van der Waals surface area (Å²) in [6, 6.07) is 16.8. The van der Waals surface area contributed by atoms with E-state index in [1.54, 1.807) is 23.1 Å². The van der Waals surface area contributed by atoms with Crippen LogP contribution in [0.25, 0.3) is 11.3 Å². The van der Waals surface area contributed by atoms with Crippen LogP contribution in [0.4, 0.5) is 5.69 Å². The lowest BCUT2D eigenvalue weighted by atomic mass is 10.2. The number of aromatic nitrogens is 3. The van der Waals surface area contributed by atoms with Gasteiger partial charge in [-0.05, 0) is 36.4 Å². The molecule has 8 heteroatoms. The summed E-state index contributed by atoms with van der Waals surface area (Å²) >= 11 is 3.29. The zero-order valence-electron chi connectivity index (χ0n) is 16.2. The number of hydrogen-bond acceptors (Lipinski definition) is 6. The molecule has 0 radical (unpaired) electrons. The number of fused-ring (bicyclic) bond motifs is 1. The van der Waals surface area contributed by atoms with Crippen molar-refractivity contribution in [1.29, 1.82) is 5.26 Å². The summed E-state index contributed by atoms with van der Waals surface area (Å²) in [5, 5.41) is 24.1. The number of thiophene rings is 1. The summed E-state index contributed by atoms with van der Waals surface area (Å²) < 4.78 is 2.14. The van der Waals surface area contributed by atoms with Gasteiger partial charge in [-0.1, -0.05) is 42.4 Å². The lowest BCUT2D eigenvalue weighted by Crippen LogP contribution is -2.17. The van der Waals surface area contributed by atoms with Crippen LogP contribution in [0.5, 0.6) is 0 Å². The Kier molecular flexibility index (Phi) is 6.42. The Morgan fingerprint density at radius 1 is 1.03 bits per heavy atom. The Bertz CT molecular complexity index is 1130. The van der Waals surface area contributed by atoms with Crippen molar-refractivity contribution in [1.82, 2.24) is 14.8 Å². The molecule has 3 aromatic rings. The highest BCUT2D eigenvalue weighted by Crippen LogP contribution is 2.46. The van der Waals surface area contributed by atoms with Crippen molar-refractivity contribution < 1.29 is 0 Å². The second-order valence-electron chi connectivity index (χ2n) is 6.96. The number of anilines is 1. The van der Waals surface area contributed by atoms with Gasteiger partial charge in [0, 0.05) is 24.1 Å². The van der Waals surface area contributed by atoms with Gasteiger partial charge < -0.3 is 9.47 Å². The molecule has 2 aromatic heterocycles. The molecule has 5 nitrogen and oxygen atoms in total. The fraction of sp³-hybridized carbons (Fsp3) is 0.227. The van der Waals surface area contributed by atoms with Crippen molar-refractivity contribution in [2.24, 2.45) is 0 Å². The van der Waals surface area contributed by atoms with Gasteiger partial charge in [0.1, 0.15) is 22.5 Å². The largest absolute Gasteiger partial charge is 0.310 e. The Labute approximate surface area is 194 Å². The van der Waals surface area contributed by atoms with Crippen LogP contribution in [0.3, 0.4) is 0 Å². The third-order valence-electron chi connectivity index (χ3n) is 5.17. The molecule has 5 rings (SSSR count). The van der Waals surface area contributed by atoms with Crippen molar-refractivity contribution in [2.75, 3.05) is 4.90 Å². The molecule has 0 bridgehead atoms. The van der Waals surface area contributed by atoms with Crippen molar-refractivity contribution in [3.8, 4) is 6.07 Å². The molecule has 0 saturated carbocycles. The standard InChI is InChI=1S/C22H19N5S2.BrH/c23-14-17(21-25-24-20-11-5-2-6-12-26(20)21)22-27(16-8-3-1-4-9-16)18(15-29-22)19-10-7-13-28-19;/h1,3-4,7-10,13,15H,2,5-6,11-12H2;1H. The van der Waals surface area contributed by atoms with Gasteiger partial charge in [0.25, 0.3) is 0 Å². The molecule has 0 atom stereocenters. The molecule has 0 fully saturated rings. The first-order valence-corrected chi connectivity index (χ1v) is 11.5. The molecule has 0 spiro atoms. The number of nitriles is 1. The third kappa shape index (κ3) is 3.73. The molecule has 0 N–H and O–H groups in total. The number of halogens is 1. The summed E-state index contributed by atoms with van der Waals surface area (Å²) in [4.78, 5) is 3.35.